The molecule has 4 unspecified atom stereocenters. The Kier molecular flexibility index (Phi) is 5.21. The highest BCUT2D eigenvalue weighted by atomic mass is 32.2. The van der Waals surface area contributed by atoms with Crippen molar-refractivity contribution in [2.24, 2.45) is 5.73 Å². The monoisotopic (exact) mass is 432 g/mol. The lowest BCUT2D eigenvalue weighted by atomic mass is 9.77. The van der Waals surface area contributed by atoms with Crippen LogP contribution < -0.4 is 5.73 Å². The summed E-state index contributed by atoms with van der Waals surface area (Å²) in [6.45, 7) is 0.689. The van der Waals surface area contributed by atoms with E-state index in [1.54, 1.807) is 24.3 Å². The third-order valence-electron chi connectivity index (χ3n) is 7.18. The van der Waals surface area contributed by atoms with Crippen molar-refractivity contribution in [1.82, 2.24) is 4.90 Å². The molecule has 0 aliphatic carbocycles. The van der Waals surface area contributed by atoms with Gasteiger partial charge in [-0.15, -0.1) is 0 Å². The van der Waals surface area contributed by atoms with Crippen LogP contribution >= 0.6 is 0 Å². The highest BCUT2D eigenvalue weighted by Gasteiger charge is 2.61. The number of nitrogens with zero attached hydrogens (tertiary/aromatic N) is 1. The molecule has 3 aromatic rings. The first-order chi connectivity index (χ1) is 15.0. The van der Waals surface area contributed by atoms with Crippen LogP contribution in [0.2, 0.25) is 0 Å². The molecular formula is C26H28N2O2S. The standard InChI is InChI=1S/C26H28N2O2S/c27-25-17-16-23-24(31(29,30)22-14-8-3-9-15-22)18-26(25,21-12-6-2-7-13-21)28(23)19-20-10-4-1-5-11-20/h1-15,23-25H,16-19,27H2. The molecular weight excluding hydrogens is 404 g/mol. The maximum absolute atomic E-state index is 13.8. The lowest BCUT2D eigenvalue weighted by Crippen LogP contribution is -2.59. The minimum Gasteiger partial charge on any atom is -0.326 e. The smallest absolute Gasteiger partial charge is 0.182 e. The fourth-order valence-electron chi connectivity index (χ4n) is 5.72. The van der Waals surface area contributed by atoms with Crippen LogP contribution in [0.5, 0.6) is 0 Å². The molecule has 5 rings (SSSR count). The van der Waals surface area contributed by atoms with Crippen LogP contribution in [-0.2, 0) is 21.9 Å². The van der Waals surface area contributed by atoms with Crippen LogP contribution in [0.15, 0.2) is 95.9 Å². The van der Waals surface area contributed by atoms with Gasteiger partial charge >= 0.3 is 0 Å². The summed E-state index contributed by atoms with van der Waals surface area (Å²) in [5.74, 6) is 0. The SMILES string of the molecule is NC1CCC2C(S(=O)(=O)c3ccccc3)CC1(c1ccccc1)N2Cc1ccccc1. The summed E-state index contributed by atoms with van der Waals surface area (Å²) < 4.78 is 27.6. The Bertz CT molecular complexity index is 1140. The van der Waals surface area contributed by atoms with Gasteiger partial charge in [0.2, 0.25) is 0 Å². The molecule has 2 heterocycles. The van der Waals surface area contributed by atoms with Crippen molar-refractivity contribution in [3.8, 4) is 0 Å². The van der Waals surface area contributed by atoms with E-state index in [1.807, 2.05) is 42.5 Å². The third-order valence-corrected chi connectivity index (χ3v) is 9.39. The van der Waals surface area contributed by atoms with Crippen molar-refractivity contribution in [3.63, 3.8) is 0 Å². The van der Waals surface area contributed by atoms with E-state index in [1.165, 1.54) is 5.56 Å². The zero-order chi connectivity index (χ0) is 21.5. The Morgan fingerprint density at radius 2 is 1.42 bits per heavy atom. The van der Waals surface area contributed by atoms with E-state index in [4.69, 9.17) is 5.73 Å². The maximum atomic E-state index is 13.8. The van der Waals surface area contributed by atoms with Gasteiger partial charge in [-0.2, -0.15) is 0 Å². The maximum Gasteiger partial charge on any atom is 0.182 e. The highest BCUT2D eigenvalue weighted by molar-refractivity contribution is 7.92. The number of benzene rings is 3. The molecule has 2 N–H and O–H groups in total. The molecule has 2 saturated heterocycles. The predicted molar refractivity (Wildman–Crippen MR) is 123 cm³/mol. The van der Waals surface area contributed by atoms with Crippen LogP contribution in [0.3, 0.4) is 0 Å². The Morgan fingerprint density at radius 3 is 2.06 bits per heavy atom. The summed E-state index contributed by atoms with van der Waals surface area (Å²) in [7, 11) is -3.48. The van der Waals surface area contributed by atoms with Crippen LogP contribution in [0.4, 0.5) is 0 Å². The molecule has 0 aromatic heterocycles. The van der Waals surface area contributed by atoms with Gasteiger partial charge in [0.25, 0.3) is 0 Å². The zero-order valence-electron chi connectivity index (χ0n) is 17.5. The molecule has 160 valence electrons. The fraction of sp³-hybridized carbons (Fsp3) is 0.308. The van der Waals surface area contributed by atoms with Crippen molar-refractivity contribution in [1.29, 1.82) is 0 Å². The molecule has 2 aliphatic heterocycles. The van der Waals surface area contributed by atoms with E-state index in [0.29, 0.717) is 17.9 Å². The summed E-state index contributed by atoms with van der Waals surface area (Å²) >= 11 is 0. The van der Waals surface area contributed by atoms with Crippen molar-refractivity contribution >= 4 is 9.84 Å². The molecule has 2 bridgehead atoms. The second-order valence-corrected chi connectivity index (χ2v) is 10.9. The molecule has 4 atom stereocenters. The van der Waals surface area contributed by atoms with Crippen molar-refractivity contribution in [2.75, 3.05) is 0 Å². The first-order valence-electron chi connectivity index (χ1n) is 10.9. The van der Waals surface area contributed by atoms with E-state index < -0.39 is 20.6 Å². The Hall–Kier alpha value is -2.47. The van der Waals surface area contributed by atoms with E-state index in [-0.39, 0.29) is 12.1 Å². The van der Waals surface area contributed by atoms with Gasteiger partial charge in [-0.1, -0.05) is 78.9 Å². The Labute approximate surface area is 184 Å². The molecule has 0 radical (unpaired) electrons. The van der Waals surface area contributed by atoms with Gasteiger partial charge in [0.05, 0.1) is 15.7 Å². The lowest BCUT2D eigenvalue weighted by Gasteiger charge is -2.49. The average molecular weight is 433 g/mol. The summed E-state index contributed by atoms with van der Waals surface area (Å²) in [6.07, 6.45) is 2.14. The average Bonchev–Trinajstić information content (AvgIpc) is 3.05. The number of nitrogens with two attached hydrogens (primary N) is 1. The second-order valence-electron chi connectivity index (χ2n) is 8.76. The van der Waals surface area contributed by atoms with E-state index in [2.05, 4.69) is 29.2 Å². The molecule has 0 spiro atoms. The van der Waals surface area contributed by atoms with Crippen LogP contribution in [0, 0.1) is 0 Å². The molecule has 31 heavy (non-hydrogen) atoms. The van der Waals surface area contributed by atoms with Crippen LogP contribution in [-0.4, -0.2) is 30.7 Å². The van der Waals surface area contributed by atoms with Crippen molar-refractivity contribution in [2.45, 2.75) is 53.6 Å². The first kappa shape index (κ1) is 20.4. The fourth-order valence-corrected chi connectivity index (χ4v) is 7.77. The van der Waals surface area contributed by atoms with Crippen molar-refractivity contribution in [3.05, 3.63) is 102 Å². The molecule has 2 aliphatic rings. The number of rotatable bonds is 5. The Balaban J connectivity index is 1.64. The molecule has 2 fully saturated rings. The second kappa shape index (κ2) is 7.90. The van der Waals surface area contributed by atoms with Crippen molar-refractivity contribution < 1.29 is 8.42 Å². The zero-order valence-corrected chi connectivity index (χ0v) is 18.3. The quantitative estimate of drug-likeness (QED) is 0.659. The molecule has 3 aromatic carbocycles. The first-order valence-corrected chi connectivity index (χ1v) is 12.5. The Morgan fingerprint density at radius 1 is 0.839 bits per heavy atom. The molecule has 4 nitrogen and oxygen atoms in total. The summed E-state index contributed by atoms with van der Waals surface area (Å²) in [6, 6.07) is 29.3. The number of piperidine rings is 1. The normalized spacial score (nSPS) is 28.5. The number of fused-ring (bicyclic) bond motifs is 2. The molecule has 0 amide bonds. The highest BCUT2D eigenvalue weighted by Crippen LogP contribution is 2.53. The van der Waals surface area contributed by atoms with Gasteiger partial charge < -0.3 is 5.73 Å². The van der Waals surface area contributed by atoms with E-state index in [9.17, 15) is 8.42 Å². The number of hydrogen-bond acceptors (Lipinski definition) is 4. The lowest BCUT2D eigenvalue weighted by molar-refractivity contribution is 0.0249. The van der Waals surface area contributed by atoms with Gasteiger partial charge in [-0.3, -0.25) is 4.90 Å². The van der Waals surface area contributed by atoms with Crippen LogP contribution in [0.1, 0.15) is 30.4 Å². The summed E-state index contributed by atoms with van der Waals surface area (Å²) in [4.78, 5) is 2.81. The third kappa shape index (κ3) is 3.32. The van der Waals surface area contributed by atoms with Gasteiger partial charge in [-0.05, 0) is 42.5 Å². The van der Waals surface area contributed by atoms with Crippen LogP contribution in [0.25, 0.3) is 0 Å². The molecule has 5 heteroatoms. The van der Waals surface area contributed by atoms with Gasteiger partial charge in [-0.25, -0.2) is 8.42 Å². The largest absolute Gasteiger partial charge is 0.326 e. The number of hydrogen-bond donors (Lipinski definition) is 1. The minimum absolute atomic E-state index is 0.0644. The van der Waals surface area contributed by atoms with Gasteiger partial charge in [0.15, 0.2) is 9.84 Å². The number of sulfone groups is 1. The summed E-state index contributed by atoms with van der Waals surface area (Å²) in [5.41, 5.74) is 8.64. The minimum atomic E-state index is -3.48. The predicted octanol–water partition coefficient (Wildman–Crippen LogP) is 4.12. The van der Waals surface area contributed by atoms with Gasteiger partial charge in [0, 0.05) is 18.6 Å². The molecule has 0 saturated carbocycles. The van der Waals surface area contributed by atoms with E-state index >= 15 is 0 Å². The summed E-state index contributed by atoms with van der Waals surface area (Å²) in [5, 5.41) is -0.479. The van der Waals surface area contributed by atoms with E-state index in [0.717, 1.165) is 18.4 Å². The topological polar surface area (TPSA) is 63.4 Å². The van der Waals surface area contributed by atoms with Gasteiger partial charge in [0.1, 0.15) is 0 Å².